The molecule has 0 bridgehead atoms. The van der Waals surface area contributed by atoms with Crippen LogP contribution in [-0.4, -0.2) is 5.11 Å². The predicted octanol–water partition coefficient (Wildman–Crippen LogP) is 4.28. The minimum absolute atomic E-state index is 0.584. The Morgan fingerprint density at radius 1 is 1.28 bits per heavy atom. The average Bonchev–Trinajstić information content (AvgIpc) is 2.39. The maximum absolute atomic E-state index is 10.9. The van der Waals surface area contributed by atoms with Gasteiger partial charge in [0.1, 0.15) is 0 Å². The highest BCUT2D eigenvalue weighted by Crippen LogP contribution is 2.42. The van der Waals surface area contributed by atoms with Gasteiger partial charge in [-0.3, -0.25) is 0 Å². The molecule has 0 aromatic heterocycles. The quantitative estimate of drug-likeness (QED) is 0.844. The van der Waals surface area contributed by atoms with E-state index in [1.54, 1.807) is 0 Å². The second kappa shape index (κ2) is 5.44. The molecule has 2 atom stereocenters. The standard InChI is InChI=1S/C17H26O/c1-4-14-7-9-16(10-8-14)17(18)11-5-6-15(12-17)13(2)3/h7-10,13,15,18H,4-6,11-12H2,1-3H3. The van der Waals surface area contributed by atoms with E-state index < -0.39 is 5.60 Å². The van der Waals surface area contributed by atoms with Crippen LogP contribution in [0.5, 0.6) is 0 Å². The van der Waals surface area contributed by atoms with E-state index in [4.69, 9.17) is 0 Å². The van der Waals surface area contributed by atoms with Crippen molar-refractivity contribution in [1.29, 1.82) is 0 Å². The maximum atomic E-state index is 10.9. The molecule has 1 aliphatic rings. The summed E-state index contributed by atoms with van der Waals surface area (Å²) >= 11 is 0. The second-order valence-corrected chi connectivity index (χ2v) is 6.18. The number of hydrogen-bond donors (Lipinski definition) is 1. The van der Waals surface area contributed by atoms with E-state index in [1.165, 1.54) is 12.0 Å². The first-order valence-electron chi connectivity index (χ1n) is 7.37. The van der Waals surface area contributed by atoms with Crippen molar-refractivity contribution in [3.05, 3.63) is 35.4 Å². The van der Waals surface area contributed by atoms with E-state index in [0.717, 1.165) is 31.2 Å². The fourth-order valence-corrected chi connectivity index (χ4v) is 3.18. The van der Waals surface area contributed by atoms with Crippen molar-refractivity contribution in [2.24, 2.45) is 11.8 Å². The molecule has 0 heterocycles. The lowest BCUT2D eigenvalue weighted by Crippen LogP contribution is -2.34. The Bertz CT molecular complexity index is 379. The average molecular weight is 246 g/mol. The molecular weight excluding hydrogens is 220 g/mol. The van der Waals surface area contributed by atoms with Gasteiger partial charge in [-0.1, -0.05) is 45.0 Å². The van der Waals surface area contributed by atoms with Gasteiger partial charge in [0.25, 0.3) is 0 Å². The van der Waals surface area contributed by atoms with Gasteiger partial charge in [0.2, 0.25) is 0 Å². The van der Waals surface area contributed by atoms with Gasteiger partial charge >= 0.3 is 0 Å². The molecule has 0 aliphatic heterocycles. The van der Waals surface area contributed by atoms with Crippen molar-refractivity contribution in [3.63, 3.8) is 0 Å². The molecule has 1 aromatic carbocycles. The van der Waals surface area contributed by atoms with Crippen LogP contribution in [0.2, 0.25) is 0 Å². The summed E-state index contributed by atoms with van der Waals surface area (Å²) in [5, 5.41) is 10.9. The van der Waals surface area contributed by atoms with E-state index in [-0.39, 0.29) is 0 Å². The van der Waals surface area contributed by atoms with Crippen LogP contribution in [0.4, 0.5) is 0 Å². The predicted molar refractivity (Wildman–Crippen MR) is 76.5 cm³/mol. The van der Waals surface area contributed by atoms with Crippen molar-refractivity contribution >= 4 is 0 Å². The lowest BCUT2D eigenvalue weighted by Gasteiger charge is -2.39. The SMILES string of the molecule is CCc1ccc(C2(O)CCCC(C(C)C)C2)cc1. The lowest BCUT2D eigenvalue weighted by molar-refractivity contribution is -0.0295. The molecule has 1 heteroatoms. The van der Waals surface area contributed by atoms with Crippen LogP contribution in [0.1, 0.15) is 57.6 Å². The number of benzene rings is 1. The monoisotopic (exact) mass is 246 g/mol. The zero-order valence-electron chi connectivity index (χ0n) is 11.9. The van der Waals surface area contributed by atoms with Crippen LogP contribution in [0.3, 0.4) is 0 Å². The molecule has 1 nitrogen and oxygen atoms in total. The minimum Gasteiger partial charge on any atom is -0.385 e. The number of rotatable bonds is 3. The highest BCUT2D eigenvalue weighted by atomic mass is 16.3. The summed E-state index contributed by atoms with van der Waals surface area (Å²) in [6.07, 6.45) is 5.33. The Hall–Kier alpha value is -0.820. The van der Waals surface area contributed by atoms with Gasteiger partial charge in [-0.05, 0) is 55.1 Å². The molecule has 100 valence electrons. The molecule has 2 rings (SSSR count). The first-order valence-corrected chi connectivity index (χ1v) is 7.37. The first-order chi connectivity index (χ1) is 8.55. The van der Waals surface area contributed by atoms with Crippen molar-refractivity contribution < 1.29 is 5.11 Å². The molecule has 18 heavy (non-hydrogen) atoms. The van der Waals surface area contributed by atoms with Gasteiger partial charge in [0.15, 0.2) is 0 Å². The topological polar surface area (TPSA) is 20.2 Å². The van der Waals surface area contributed by atoms with Crippen molar-refractivity contribution in [2.75, 3.05) is 0 Å². The lowest BCUT2D eigenvalue weighted by atomic mass is 9.71. The molecule has 1 fully saturated rings. The van der Waals surface area contributed by atoms with E-state index in [2.05, 4.69) is 45.0 Å². The van der Waals surface area contributed by atoms with E-state index in [1.807, 2.05) is 0 Å². The molecule has 1 saturated carbocycles. The maximum Gasteiger partial charge on any atom is 0.0899 e. The normalized spacial score (nSPS) is 28.6. The molecular formula is C17H26O. The van der Waals surface area contributed by atoms with E-state index in [0.29, 0.717) is 11.8 Å². The Morgan fingerprint density at radius 2 is 1.94 bits per heavy atom. The second-order valence-electron chi connectivity index (χ2n) is 6.18. The van der Waals surface area contributed by atoms with Gasteiger partial charge < -0.3 is 5.11 Å². The summed E-state index contributed by atoms with van der Waals surface area (Å²) in [6.45, 7) is 6.71. The molecule has 0 spiro atoms. The molecule has 1 N–H and O–H groups in total. The minimum atomic E-state index is -0.584. The largest absolute Gasteiger partial charge is 0.385 e. The van der Waals surface area contributed by atoms with Gasteiger partial charge in [-0.2, -0.15) is 0 Å². The van der Waals surface area contributed by atoms with Gasteiger partial charge in [0.05, 0.1) is 5.60 Å². The molecule has 2 unspecified atom stereocenters. The van der Waals surface area contributed by atoms with E-state index >= 15 is 0 Å². The summed E-state index contributed by atoms with van der Waals surface area (Å²) in [5.41, 5.74) is 1.88. The Labute approximate surface area is 111 Å². The van der Waals surface area contributed by atoms with Crippen molar-refractivity contribution in [1.82, 2.24) is 0 Å². The van der Waals surface area contributed by atoms with Crippen LogP contribution in [0.15, 0.2) is 24.3 Å². The Kier molecular flexibility index (Phi) is 4.11. The van der Waals surface area contributed by atoms with Crippen LogP contribution in [-0.2, 0) is 12.0 Å². The summed E-state index contributed by atoms with van der Waals surface area (Å²) in [4.78, 5) is 0. The zero-order chi connectivity index (χ0) is 13.2. The number of aliphatic hydroxyl groups is 1. The molecule has 1 aliphatic carbocycles. The van der Waals surface area contributed by atoms with Gasteiger partial charge in [-0.15, -0.1) is 0 Å². The third-order valence-corrected chi connectivity index (χ3v) is 4.61. The molecule has 0 amide bonds. The highest BCUT2D eigenvalue weighted by molar-refractivity contribution is 5.27. The molecule has 1 aromatic rings. The zero-order valence-corrected chi connectivity index (χ0v) is 11.9. The fourth-order valence-electron chi connectivity index (χ4n) is 3.18. The summed E-state index contributed by atoms with van der Waals surface area (Å²) in [7, 11) is 0. The Morgan fingerprint density at radius 3 is 2.50 bits per heavy atom. The van der Waals surface area contributed by atoms with Crippen LogP contribution >= 0.6 is 0 Å². The van der Waals surface area contributed by atoms with Crippen LogP contribution < -0.4 is 0 Å². The first kappa shape index (κ1) is 13.6. The molecule has 0 radical (unpaired) electrons. The van der Waals surface area contributed by atoms with Crippen molar-refractivity contribution in [3.8, 4) is 0 Å². The van der Waals surface area contributed by atoms with Crippen molar-refractivity contribution in [2.45, 2.75) is 58.5 Å². The van der Waals surface area contributed by atoms with Crippen LogP contribution in [0, 0.1) is 11.8 Å². The third-order valence-electron chi connectivity index (χ3n) is 4.61. The Balaban J connectivity index is 2.18. The van der Waals surface area contributed by atoms with E-state index in [9.17, 15) is 5.11 Å². The van der Waals surface area contributed by atoms with Crippen LogP contribution in [0.25, 0.3) is 0 Å². The summed E-state index contributed by atoms with van der Waals surface area (Å²) in [6, 6.07) is 8.57. The summed E-state index contributed by atoms with van der Waals surface area (Å²) in [5.74, 6) is 1.33. The summed E-state index contributed by atoms with van der Waals surface area (Å²) < 4.78 is 0. The van der Waals surface area contributed by atoms with Gasteiger partial charge in [0, 0.05) is 0 Å². The fraction of sp³-hybridized carbons (Fsp3) is 0.647. The van der Waals surface area contributed by atoms with Gasteiger partial charge in [-0.25, -0.2) is 0 Å². The highest BCUT2D eigenvalue weighted by Gasteiger charge is 2.36. The number of hydrogen-bond acceptors (Lipinski definition) is 1. The number of aryl methyl sites for hydroxylation is 1. The molecule has 0 saturated heterocycles. The smallest absolute Gasteiger partial charge is 0.0899 e. The third kappa shape index (κ3) is 2.77.